The molecule has 1 nitrogen and oxygen atoms in total. The second-order valence-corrected chi connectivity index (χ2v) is 17.7. The molecule has 0 bridgehead atoms. The van der Waals surface area contributed by atoms with Gasteiger partial charge in [-0.3, -0.25) is 0 Å². The molecule has 0 heterocycles. The van der Waals surface area contributed by atoms with Crippen LogP contribution in [0.3, 0.4) is 0 Å². The standard InChI is InChI=1S/C70H49N/c1-6-18-52(19-7-1)64-45-37-59(48-68(64)55-24-12-4-13-25-55)50-30-39-61(40-31-50)71(63-43-34-58(35-44-63)70-66-29-17-16-28-57(66)36-47-67(70)54-22-10-3-11-23-54)62-41-32-51(33-42-62)60-38-46-65(53-20-8-2-9-21-53)69(49-60)56-26-14-5-15-27-56/h1-49H/i30D,31D,39D,40D. The van der Waals surface area contributed by atoms with Crippen LogP contribution in [0.25, 0.3) is 99.8 Å². The molecule has 0 spiro atoms. The molecule has 71 heavy (non-hydrogen) atoms. The van der Waals surface area contributed by atoms with E-state index in [9.17, 15) is 5.48 Å². The zero-order valence-electron chi connectivity index (χ0n) is 42.9. The maximum atomic E-state index is 9.88. The van der Waals surface area contributed by atoms with Gasteiger partial charge < -0.3 is 4.90 Å². The Labute approximate surface area is 422 Å². The van der Waals surface area contributed by atoms with E-state index >= 15 is 0 Å². The largest absolute Gasteiger partial charge is 0.311 e. The second-order valence-electron chi connectivity index (χ2n) is 17.7. The zero-order chi connectivity index (χ0) is 50.8. The van der Waals surface area contributed by atoms with Gasteiger partial charge in [-0.15, -0.1) is 0 Å². The summed E-state index contributed by atoms with van der Waals surface area (Å²) in [6.07, 6.45) is 0. The molecule has 0 unspecified atom stereocenters. The van der Waals surface area contributed by atoms with Crippen molar-refractivity contribution in [3.63, 3.8) is 0 Å². The summed E-state index contributed by atoms with van der Waals surface area (Å²) in [4.78, 5) is 1.88. The Bertz CT molecular complexity index is 3970. The van der Waals surface area contributed by atoms with E-state index in [0.717, 1.165) is 88.7 Å². The summed E-state index contributed by atoms with van der Waals surface area (Å²) in [6.45, 7) is 0. The Morgan fingerprint density at radius 3 is 1.07 bits per heavy atom. The van der Waals surface area contributed by atoms with Gasteiger partial charge >= 0.3 is 0 Å². The van der Waals surface area contributed by atoms with Crippen molar-refractivity contribution in [2.75, 3.05) is 4.90 Å². The molecule has 0 atom stereocenters. The van der Waals surface area contributed by atoms with Crippen LogP contribution in [0.15, 0.2) is 297 Å². The van der Waals surface area contributed by atoms with Crippen molar-refractivity contribution in [1.82, 2.24) is 0 Å². The summed E-state index contributed by atoms with van der Waals surface area (Å²) in [5.74, 6) is 0. The van der Waals surface area contributed by atoms with E-state index in [4.69, 9.17) is 0 Å². The lowest BCUT2D eigenvalue weighted by Gasteiger charge is -2.26. The topological polar surface area (TPSA) is 3.24 Å². The van der Waals surface area contributed by atoms with E-state index in [-0.39, 0.29) is 35.4 Å². The van der Waals surface area contributed by atoms with E-state index < -0.39 is 0 Å². The van der Waals surface area contributed by atoms with Crippen LogP contribution in [0.1, 0.15) is 5.48 Å². The van der Waals surface area contributed by atoms with Crippen LogP contribution in [-0.4, -0.2) is 0 Å². The first-order chi connectivity index (χ1) is 36.9. The van der Waals surface area contributed by atoms with Gasteiger partial charge in [0.05, 0.1) is 5.48 Å². The Balaban J connectivity index is 1.01. The maximum absolute atomic E-state index is 9.88. The van der Waals surface area contributed by atoms with Crippen LogP contribution in [-0.2, 0) is 0 Å². The monoisotopic (exact) mass is 907 g/mol. The van der Waals surface area contributed by atoms with Gasteiger partial charge in [0.15, 0.2) is 0 Å². The minimum absolute atomic E-state index is 0.120. The molecule has 12 aromatic rings. The lowest BCUT2D eigenvalue weighted by atomic mass is 9.89. The molecule has 1 heteroatoms. The Hall–Kier alpha value is -9.30. The van der Waals surface area contributed by atoms with Gasteiger partial charge in [0, 0.05) is 17.1 Å². The van der Waals surface area contributed by atoms with E-state index in [0.29, 0.717) is 16.9 Å². The fourth-order valence-corrected chi connectivity index (χ4v) is 9.87. The fourth-order valence-electron chi connectivity index (χ4n) is 9.87. The molecule has 0 fully saturated rings. The predicted molar refractivity (Wildman–Crippen MR) is 302 cm³/mol. The molecule has 0 aromatic heterocycles. The normalized spacial score (nSPS) is 11.9. The SMILES string of the molecule is [2H]c1c([2H])c(N(c2ccc(-c3ccc(-c4ccccc4)c(-c4ccccc4)c3)cc2)c2ccc(-c3c(-c4ccccc4)ccc4ccccc34)cc2)c([2H])c([2H])c1-c1ccc(-c2ccccc2)c(-c2ccccc2)c1. The number of fused-ring (bicyclic) bond motifs is 1. The number of benzene rings is 12. The molecule has 0 saturated carbocycles. The van der Waals surface area contributed by atoms with Crippen molar-refractivity contribution in [3.8, 4) is 89.0 Å². The van der Waals surface area contributed by atoms with Gasteiger partial charge in [-0.2, -0.15) is 0 Å². The molecule has 0 N–H and O–H groups in total. The predicted octanol–water partition coefficient (Wildman–Crippen LogP) is 19.6. The molecule has 0 saturated heterocycles. The summed E-state index contributed by atoms with van der Waals surface area (Å²) < 4.78 is 39.3. The highest BCUT2D eigenvalue weighted by Gasteiger charge is 2.18. The molecule has 0 aliphatic carbocycles. The smallest absolute Gasteiger partial charge is 0.0645 e. The van der Waals surface area contributed by atoms with Crippen molar-refractivity contribution in [2.24, 2.45) is 0 Å². The summed E-state index contributed by atoms with van der Waals surface area (Å²) in [6, 6.07) is 92.9. The van der Waals surface area contributed by atoms with Crippen LogP contribution in [0, 0.1) is 0 Å². The van der Waals surface area contributed by atoms with Crippen molar-refractivity contribution >= 4 is 27.8 Å². The van der Waals surface area contributed by atoms with Crippen molar-refractivity contribution < 1.29 is 5.48 Å². The number of hydrogen-bond donors (Lipinski definition) is 0. The first-order valence-corrected chi connectivity index (χ1v) is 24.1. The van der Waals surface area contributed by atoms with Gasteiger partial charge in [0.1, 0.15) is 0 Å². The molecule has 334 valence electrons. The molecule has 0 radical (unpaired) electrons. The summed E-state index contributed by atoms with van der Waals surface area (Å²) >= 11 is 0. The van der Waals surface area contributed by atoms with E-state index in [2.05, 4.69) is 176 Å². The van der Waals surface area contributed by atoms with Crippen LogP contribution in [0.5, 0.6) is 0 Å². The molecule has 0 amide bonds. The van der Waals surface area contributed by atoms with Crippen LogP contribution >= 0.6 is 0 Å². The second kappa shape index (κ2) is 19.4. The highest BCUT2D eigenvalue weighted by Crippen LogP contribution is 2.43. The molecule has 12 rings (SSSR count). The maximum Gasteiger partial charge on any atom is 0.0645 e. The van der Waals surface area contributed by atoms with E-state index in [1.807, 2.05) is 102 Å². The first kappa shape index (κ1) is 38.6. The lowest BCUT2D eigenvalue weighted by molar-refractivity contribution is 1.28. The summed E-state index contributed by atoms with van der Waals surface area (Å²) in [5.41, 5.74) is 17.3. The summed E-state index contributed by atoms with van der Waals surface area (Å²) in [5, 5.41) is 2.27. The number of nitrogens with zero attached hydrogens (tertiary/aromatic N) is 1. The number of anilines is 3. The fraction of sp³-hybridized carbons (Fsp3) is 0. The Morgan fingerprint density at radius 1 is 0.225 bits per heavy atom. The van der Waals surface area contributed by atoms with Gasteiger partial charge in [-0.1, -0.05) is 249 Å². The first-order valence-electron chi connectivity index (χ1n) is 26.1. The summed E-state index contributed by atoms with van der Waals surface area (Å²) in [7, 11) is 0. The Kier molecular flexibility index (Phi) is 10.5. The minimum Gasteiger partial charge on any atom is -0.311 e. The highest BCUT2D eigenvalue weighted by atomic mass is 15.1. The molecule has 12 aromatic carbocycles. The van der Waals surface area contributed by atoms with E-state index in [1.165, 1.54) is 0 Å². The van der Waals surface area contributed by atoms with Crippen molar-refractivity contribution in [2.45, 2.75) is 0 Å². The average Bonchev–Trinajstić information content (AvgIpc) is 3.48. The van der Waals surface area contributed by atoms with Crippen LogP contribution < -0.4 is 4.90 Å². The third kappa shape index (κ3) is 8.74. The third-order valence-electron chi connectivity index (χ3n) is 13.4. The quantitative estimate of drug-likeness (QED) is 0.125. The Morgan fingerprint density at radius 2 is 0.592 bits per heavy atom. The molecular weight excluding hydrogens is 855 g/mol. The van der Waals surface area contributed by atoms with Crippen LogP contribution in [0.2, 0.25) is 0 Å². The van der Waals surface area contributed by atoms with Gasteiger partial charge in [0.2, 0.25) is 0 Å². The lowest BCUT2D eigenvalue weighted by Crippen LogP contribution is -2.09. The average molecular weight is 908 g/mol. The minimum atomic E-state index is -0.142. The molecule has 0 aliphatic heterocycles. The molecule has 0 aliphatic rings. The third-order valence-corrected chi connectivity index (χ3v) is 13.4. The van der Waals surface area contributed by atoms with Crippen LogP contribution in [0.4, 0.5) is 17.1 Å². The van der Waals surface area contributed by atoms with Gasteiger partial charge in [0.25, 0.3) is 0 Å². The number of rotatable bonds is 11. The van der Waals surface area contributed by atoms with E-state index in [1.54, 1.807) is 0 Å². The number of hydrogen-bond acceptors (Lipinski definition) is 1. The highest BCUT2D eigenvalue weighted by molar-refractivity contribution is 6.04. The zero-order valence-corrected chi connectivity index (χ0v) is 38.9. The van der Waals surface area contributed by atoms with Crippen molar-refractivity contribution in [1.29, 1.82) is 0 Å². The molecular formula is C70H49N. The van der Waals surface area contributed by atoms with Crippen molar-refractivity contribution in [3.05, 3.63) is 297 Å². The van der Waals surface area contributed by atoms with Gasteiger partial charge in [-0.25, -0.2) is 0 Å². The van der Waals surface area contributed by atoms with Gasteiger partial charge in [-0.05, 0) is 148 Å².